The highest BCUT2D eigenvalue weighted by molar-refractivity contribution is 7.44. The van der Waals surface area contributed by atoms with E-state index in [0.717, 1.165) is 12.8 Å². The Bertz CT molecular complexity index is 1340. The monoisotopic (exact) mass is 569 g/mol. The summed E-state index contributed by atoms with van der Waals surface area (Å²) in [6.07, 6.45) is 2.02. The summed E-state index contributed by atoms with van der Waals surface area (Å²) < 4.78 is 29.2. The van der Waals surface area contributed by atoms with E-state index in [9.17, 15) is 9.59 Å². The average molecular weight is 570 g/mol. The zero-order valence-electron chi connectivity index (χ0n) is 23.5. The first-order chi connectivity index (χ1) is 19.1. The van der Waals surface area contributed by atoms with E-state index in [1.54, 1.807) is 37.4 Å². The van der Waals surface area contributed by atoms with Gasteiger partial charge >= 0.3 is 5.69 Å². The minimum atomic E-state index is -1.52. The molecule has 2 aliphatic heterocycles. The van der Waals surface area contributed by atoms with Crippen molar-refractivity contribution < 1.29 is 23.3 Å². The van der Waals surface area contributed by atoms with E-state index in [2.05, 4.69) is 37.1 Å². The summed E-state index contributed by atoms with van der Waals surface area (Å²) in [6.45, 7) is 8.66. The van der Waals surface area contributed by atoms with Gasteiger partial charge in [0.2, 0.25) is 0 Å². The van der Waals surface area contributed by atoms with Crippen LogP contribution in [0.4, 0.5) is 5.82 Å². The molecule has 2 saturated heterocycles. The molecule has 1 saturated carbocycles. The van der Waals surface area contributed by atoms with Gasteiger partial charge in [-0.1, -0.05) is 25.1 Å². The Kier molecular flexibility index (Phi) is 8.13. The number of anilines is 1. The number of benzene rings is 1. The molecule has 3 heterocycles. The van der Waals surface area contributed by atoms with Crippen LogP contribution in [0, 0.1) is 23.7 Å². The largest absolute Gasteiger partial charge is 0.367 e. The van der Waals surface area contributed by atoms with E-state index in [1.807, 2.05) is 17.8 Å². The predicted octanol–water partition coefficient (Wildman–Crippen LogP) is 4.15. The van der Waals surface area contributed by atoms with Crippen LogP contribution in [0.25, 0.3) is 0 Å². The average Bonchev–Trinajstić information content (AvgIpc) is 3.51. The topological polar surface area (TPSA) is 128 Å². The lowest BCUT2D eigenvalue weighted by Gasteiger charge is -2.39. The van der Waals surface area contributed by atoms with E-state index in [1.165, 1.54) is 4.57 Å². The third-order valence-corrected chi connectivity index (χ3v) is 9.97. The molecule has 12 heteroatoms. The molecule has 2 unspecified atom stereocenters. The van der Waals surface area contributed by atoms with Gasteiger partial charge in [0.1, 0.15) is 23.6 Å². The number of nitrogens with zero attached hydrogens (tertiary/aromatic N) is 4. The number of aryl methyl sites for hydroxylation is 1. The molecule has 1 amide bonds. The summed E-state index contributed by atoms with van der Waals surface area (Å²) in [7, 11) is 0.419. The van der Waals surface area contributed by atoms with Crippen LogP contribution in [0.2, 0.25) is 0 Å². The number of hydrogen-bond donors (Lipinski definition) is 1. The molecule has 3 aliphatic rings. The number of nitrogens with one attached hydrogen (secondary N) is 1. The molecule has 40 heavy (non-hydrogen) atoms. The second-order valence-corrected chi connectivity index (χ2v) is 12.8. The number of nitriles is 1. The predicted molar refractivity (Wildman–Crippen MR) is 148 cm³/mol. The number of hydrogen-bond acceptors (Lipinski definition) is 9. The molecule has 1 N–H and O–H groups in total. The van der Waals surface area contributed by atoms with Crippen molar-refractivity contribution in [1.29, 1.82) is 5.26 Å². The fourth-order valence-corrected chi connectivity index (χ4v) is 6.70. The van der Waals surface area contributed by atoms with Crippen LogP contribution in [-0.2, 0) is 18.5 Å². The summed E-state index contributed by atoms with van der Waals surface area (Å²) >= 11 is 0. The number of fused-ring (bicyclic) bond motifs is 2. The summed E-state index contributed by atoms with van der Waals surface area (Å²) in [5.74, 6) is -0.148. The van der Waals surface area contributed by atoms with E-state index in [-0.39, 0.29) is 36.2 Å². The fourth-order valence-electron chi connectivity index (χ4n) is 5.20. The molecule has 0 radical (unpaired) electrons. The quantitative estimate of drug-likeness (QED) is 0.313. The smallest absolute Gasteiger partial charge is 0.351 e. The van der Waals surface area contributed by atoms with Crippen LogP contribution in [0.15, 0.2) is 41.3 Å². The number of ether oxygens (including phenoxy) is 2. The lowest BCUT2D eigenvalue weighted by Crippen LogP contribution is -2.49. The minimum absolute atomic E-state index is 0.144. The third-order valence-electron chi connectivity index (χ3n) is 8.18. The van der Waals surface area contributed by atoms with Crippen molar-refractivity contribution >= 4 is 20.3 Å². The van der Waals surface area contributed by atoms with Crippen LogP contribution in [0.1, 0.15) is 62.2 Å². The molecule has 11 nitrogen and oxygen atoms in total. The van der Waals surface area contributed by atoms with Crippen molar-refractivity contribution in [3.63, 3.8) is 0 Å². The van der Waals surface area contributed by atoms with E-state index in [0.29, 0.717) is 17.7 Å². The van der Waals surface area contributed by atoms with Crippen molar-refractivity contribution in [2.75, 3.05) is 25.6 Å². The van der Waals surface area contributed by atoms with Crippen LogP contribution in [0.3, 0.4) is 0 Å². The van der Waals surface area contributed by atoms with Gasteiger partial charge in [-0.15, -0.1) is 0 Å². The van der Waals surface area contributed by atoms with Gasteiger partial charge in [0, 0.05) is 28.8 Å². The van der Waals surface area contributed by atoms with Gasteiger partial charge in [-0.3, -0.25) is 9.36 Å². The van der Waals surface area contributed by atoms with Crippen molar-refractivity contribution in [2.45, 2.75) is 77.0 Å². The van der Waals surface area contributed by atoms with Crippen LogP contribution < -0.4 is 11.0 Å². The lowest BCUT2D eigenvalue weighted by molar-refractivity contribution is -0.198. The van der Waals surface area contributed by atoms with Crippen LogP contribution in [0.5, 0.6) is 0 Å². The van der Waals surface area contributed by atoms with Gasteiger partial charge < -0.3 is 23.8 Å². The second kappa shape index (κ2) is 11.3. The van der Waals surface area contributed by atoms with Gasteiger partial charge in [0.25, 0.3) is 14.4 Å². The zero-order chi connectivity index (χ0) is 28.7. The molecular formula is C28H36N5O6P. The molecule has 1 aliphatic carbocycles. The Labute approximate surface area is 235 Å². The summed E-state index contributed by atoms with van der Waals surface area (Å²) in [5.41, 5.74) is -0.400. The molecule has 3 fully saturated rings. The maximum absolute atomic E-state index is 13.3. The molecule has 0 spiro atoms. The number of carbonyl (C=O) groups excluding carboxylic acids is 1. The van der Waals surface area contributed by atoms with Crippen LogP contribution >= 0.6 is 8.53 Å². The first-order valence-corrected chi connectivity index (χ1v) is 14.7. The molecule has 2 aromatic rings. The Morgan fingerprint density at radius 3 is 2.73 bits per heavy atom. The highest BCUT2D eigenvalue weighted by Crippen LogP contribution is 2.66. The van der Waals surface area contributed by atoms with E-state index >= 15 is 0 Å². The SMILES string of the molecule is Cc1cn([C@@H]2O[C@@]3(C4(C)CC4)COC2[C@H]3OP(OCCC#N)N(C)C(C)C)c(=O)nc1NC(=O)c1ccccc1. The van der Waals surface area contributed by atoms with Crippen molar-refractivity contribution in [3.8, 4) is 6.07 Å². The van der Waals surface area contributed by atoms with Gasteiger partial charge in [-0.05, 0) is 52.8 Å². The third kappa shape index (κ3) is 5.20. The number of rotatable bonds is 11. The first-order valence-electron chi connectivity index (χ1n) is 13.6. The number of aromatic nitrogens is 2. The standard InChI is InChI=1S/C28H36N5O6P/c1-18(2)32(5)40(37-15-9-14-29)39-22-21-25(38-28(22,17-36-21)27(4)12-13-27)33-16-19(3)23(31-26(33)35)30-24(34)20-10-7-6-8-11-20/h6-8,10-11,16,18,21-22,25H,9,12-13,15,17H2,1-5H3,(H,30,31,34,35)/t21?,22-,25-,28+,40?/m1/s1. The molecule has 1 aromatic heterocycles. The highest BCUT2D eigenvalue weighted by Gasteiger charge is 2.73. The number of amides is 1. The lowest BCUT2D eigenvalue weighted by atomic mass is 9.83. The highest BCUT2D eigenvalue weighted by atomic mass is 31.2. The minimum Gasteiger partial charge on any atom is -0.367 e. The first kappa shape index (κ1) is 28.8. The summed E-state index contributed by atoms with van der Waals surface area (Å²) in [6, 6.07) is 11.0. The van der Waals surface area contributed by atoms with Gasteiger partial charge in [0.05, 0.1) is 25.7 Å². The van der Waals surface area contributed by atoms with E-state index < -0.39 is 38.3 Å². The Hall–Kier alpha value is -2.71. The summed E-state index contributed by atoms with van der Waals surface area (Å²) in [5, 5.41) is 11.8. The Morgan fingerprint density at radius 2 is 2.08 bits per heavy atom. The van der Waals surface area contributed by atoms with Gasteiger partial charge in [0.15, 0.2) is 6.23 Å². The Balaban J connectivity index is 1.42. The fraction of sp³-hybridized carbons (Fsp3) is 0.571. The van der Waals surface area contributed by atoms with Crippen molar-refractivity contribution in [3.05, 3.63) is 58.1 Å². The molecule has 5 rings (SSSR count). The maximum Gasteiger partial charge on any atom is 0.351 e. The summed E-state index contributed by atoms with van der Waals surface area (Å²) in [4.78, 5) is 30.2. The number of carbonyl (C=O) groups is 1. The van der Waals surface area contributed by atoms with Crippen LogP contribution in [-0.4, -0.2) is 64.2 Å². The van der Waals surface area contributed by atoms with Gasteiger partial charge in [-0.25, -0.2) is 9.46 Å². The molecule has 2 bridgehead atoms. The van der Waals surface area contributed by atoms with Crippen molar-refractivity contribution in [1.82, 2.24) is 14.2 Å². The second-order valence-electron chi connectivity index (χ2n) is 11.2. The Morgan fingerprint density at radius 1 is 1.35 bits per heavy atom. The molecule has 214 valence electrons. The molecule has 1 aromatic carbocycles. The van der Waals surface area contributed by atoms with Crippen molar-refractivity contribution in [2.24, 2.45) is 5.41 Å². The normalized spacial score (nSPS) is 27.1. The molecule has 5 atom stereocenters. The van der Waals surface area contributed by atoms with E-state index in [4.69, 9.17) is 23.8 Å². The zero-order valence-corrected chi connectivity index (χ0v) is 24.4. The molecular weight excluding hydrogens is 533 g/mol. The van der Waals surface area contributed by atoms with Gasteiger partial charge in [-0.2, -0.15) is 10.2 Å². The maximum atomic E-state index is 13.3.